The number of hydrogen-bond acceptors (Lipinski definition) is 4. The van der Waals surface area contributed by atoms with Crippen molar-refractivity contribution in [2.75, 3.05) is 33.0 Å². The van der Waals surface area contributed by atoms with Crippen LogP contribution in [0.25, 0.3) is 0 Å². The molecule has 0 aromatic rings. The Morgan fingerprint density at radius 1 is 0.680 bits per heavy atom. The van der Waals surface area contributed by atoms with E-state index in [9.17, 15) is 8.42 Å². The van der Waals surface area contributed by atoms with Crippen molar-refractivity contribution in [3.05, 3.63) is 0 Å². The molecule has 0 radical (unpaired) electrons. The fraction of sp³-hybridized carbons (Fsp3) is 1.00. The van der Waals surface area contributed by atoms with E-state index in [0.717, 1.165) is 12.8 Å². The van der Waals surface area contributed by atoms with Crippen LogP contribution >= 0.6 is 0 Å². The quantitative estimate of drug-likeness (QED) is 0.224. The van der Waals surface area contributed by atoms with E-state index >= 15 is 0 Å². The third kappa shape index (κ3) is 20.0. The molecule has 0 atom stereocenters. The van der Waals surface area contributed by atoms with Crippen molar-refractivity contribution in [1.82, 2.24) is 4.90 Å². The van der Waals surface area contributed by atoms with Crippen LogP contribution in [0.3, 0.4) is 0 Å². The van der Waals surface area contributed by atoms with Crippen LogP contribution in [0.5, 0.6) is 0 Å². The summed E-state index contributed by atoms with van der Waals surface area (Å²) in [5, 5.41) is 0. The fourth-order valence-corrected chi connectivity index (χ4v) is 3.91. The lowest BCUT2D eigenvalue weighted by Gasteiger charge is -2.10. The van der Waals surface area contributed by atoms with Gasteiger partial charge in [0.2, 0.25) is 0 Å². The molecule has 0 spiro atoms. The molecule has 0 aromatic carbocycles. The molecule has 0 aliphatic rings. The zero-order valence-electron chi connectivity index (χ0n) is 17.1. The second-order valence-corrected chi connectivity index (χ2v) is 9.24. The maximum atomic E-state index is 11.6. The lowest BCUT2D eigenvalue weighted by atomic mass is 10.0. The van der Waals surface area contributed by atoms with Crippen molar-refractivity contribution in [3.8, 4) is 0 Å². The molecule has 0 heterocycles. The molecule has 0 fully saturated rings. The Labute approximate surface area is 157 Å². The molecule has 0 unspecified atom stereocenters. The molecule has 25 heavy (non-hydrogen) atoms. The van der Waals surface area contributed by atoms with Crippen molar-refractivity contribution < 1.29 is 12.6 Å². The first kappa shape index (κ1) is 24.9. The minimum absolute atomic E-state index is 0.0819. The van der Waals surface area contributed by atoms with Gasteiger partial charge in [-0.05, 0) is 20.5 Å². The summed E-state index contributed by atoms with van der Waals surface area (Å²) in [6.07, 6.45) is 18.2. The Hall–Kier alpha value is -0.130. The van der Waals surface area contributed by atoms with E-state index in [1.54, 1.807) is 0 Å². The van der Waals surface area contributed by atoms with Gasteiger partial charge in [-0.15, -0.1) is 0 Å². The van der Waals surface area contributed by atoms with E-state index in [4.69, 9.17) is 4.18 Å². The second kappa shape index (κ2) is 17.3. The predicted molar refractivity (Wildman–Crippen MR) is 109 cm³/mol. The molecule has 0 aromatic heterocycles. The van der Waals surface area contributed by atoms with Gasteiger partial charge in [-0.3, -0.25) is 4.18 Å². The molecule has 0 rings (SSSR count). The lowest BCUT2D eigenvalue weighted by Crippen LogP contribution is -2.23. The maximum Gasteiger partial charge on any atom is 0.268 e. The summed E-state index contributed by atoms with van der Waals surface area (Å²) in [4.78, 5) is 1.85. The van der Waals surface area contributed by atoms with Crippen molar-refractivity contribution in [1.29, 1.82) is 0 Å². The van der Waals surface area contributed by atoms with E-state index in [-0.39, 0.29) is 5.75 Å². The van der Waals surface area contributed by atoms with Crippen molar-refractivity contribution >= 4 is 10.1 Å². The Bertz CT molecular complexity index is 369. The van der Waals surface area contributed by atoms with E-state index in [0.29, 0.717) is 13.2 Å². The monoisotopic (exact) mass is 377 g/mol. The van der Waals surface area contributed by atoms with Crippen LogP contribution in [0.2, 0.25) is 0 Å². The van der Waals surface area contributed by atoms with Crippen molar-refractivity contribution in [2.24, 2.45) is 0 Å². The van der Waals surface area contributed by atoms with Crippen LogP contribution in [-0.2, 0) is 14.3 Å². The zero-order valence-corrected chi connectivity index (χ0v) is 17.9. The molecule has 4 nitrogen and oxygen atoms in total. The Morgan fingerprint density at radius 2 is 1.08 bits per heavy atom. The van der Waals surface area contributed by atoms with Crippen LogP contribution in [0, 0.1) is 0 Å². The van der Waals surface area contributed by atoms with E-state index in [2.05, 4.69) is 6.92 Å². The Morgan fingerprint density at radius 3 is 1.48 bits per heavy atom. The first-order chi connectivity index (χ1) is 12.0. The fourth-order valence-electron chi connectivity index (χ4n) is 2.84. The van der Waals surface area contributed by atoms with Crippen LogP contribution in [0.15, 0.2) is 0 Å². The van der Waals surface area contributed by atoms with Gasteiger partial charge in [0.05, 0.1) is 12.4 Å². The van der Waals surface area contributed by atoms with Gasteiger partial charge >= 0.3 is 0 Å². The molecule has 152 valence electrons. The third-order valence-corrected chi connectivity index (χ3v) is 5.76. The molecule has 0 amide bonds. The van der Waals surface area contributed by atoms with Crippen LogP contribution in [0.1, 0.15) is 96.8 Å². The largest absolute Gasteiger partial charge is 0.308 e. The van der Waals surface area contributed by atoms with Crippen LogP contribution < -0.4 is 0 Å². The van der Waals surface area contributed by atoms with Gasteiger partial charge < -0.3 is 4.90 Å². The molecular weight excluding hydrogens is 334 g/mol. The van der Waals surface area contributed by atoms with Gasteiger partial charge in [-0.1, -0.05) is 90.4 Å². The normalized spacial score (nSPS) is 12.2. The summed E-state index contributed by atoms with van der Waals surface area (Å²) in [7, 11) is 0.392. The van der Waals surface area contributed by atoms with Gasteiger partial charge in [0.1, 0.15) is 0 Å². The molecule has 0 bridgehead atoms. The SMILES string of the molecule is CCCCCCCCCCCCCCCCOS(=O)(=O)CCN(C)C. The first-order valence-electron chi connectivity index (χ1n) is 10.5. The highest BCUT2D eigenvalue weighted by molar-refractivity contribution is 7.86. The van der Waals surface area contributed by atoms with Gasteiger partial charge in [-0.2, -0.15) is 8.42 Å². The van der Waals surface area contributed by atoms with Crippen molar-refractivity contribution in [3.63, 3.8) is 0 Å². The Balaban J connectivity index is 3.23. The maximum absolute atomic E-state index is 11.6. The average Bonchev–Trinajstić information content (AvgIpc) is 2.56. The van der Waals surface area contributed by atoms with Crippen LogP contribution in [0.4, 0.5) is 0 Å². The standard InChI is InChI=1S/C20H43NO3S/c1-4-5-6-7-8-9-10-11-12-13-14-15-16-17-19-24-25(22,23)20-18-21(2)3/h4-20H2,1-3H3. The molecular formula is C20H43NO3S. The van der Waals surface area contributed by atoms with Gasteiger partial charge in [0.15, 0.2) is 0 Å². The van der Waals surface area contributed by atoms with Gasteiger partial charge in [-0.25, -0.2) is 0 Å². The minimum atomic E-state index is -3.34. The summed E-state index contributed by atoms with van der Waals surface area (Å²) < 4.78 is 28.3. The molecule has 0 saturated heterocycles. The Kier molecular flexibility index (Phi) is 17.2. The first-order valence-corrected chi connectivity index (χ1v) is 12.1. The smallest absolute Gasteiger partial charge is 0.268 e. The molecule has 0 aliphatic heterocycles. The summed E-state index contributed by atoms with van der Waals surface area (Å²) in [5.41, 5.74) is 0. The minimum Gasteiger partial charge on any atom is -0.308 e. The van der Waals surface area contributed by atoms with Crippen LogP contribution in [-0.4, -0.2) is 46.3 Å². The van der Waals surface area contributed by atoms with E-state index < -0.39 is 10.1 Å². The van der Waals surface area contributed by atoms with Gasteiger partial charge in [0.25, 0.3) is 10.1 Å². The van der Waals surface area contributed by atoms with Crippen molar-refractivity contribution in [2.45, 2.75) is 96.8 Å². The number of rotatable bonds is 19. The second-order valence-electron chi connectivity index (χ2n) is 7.48. The molecule has 0 saturated carbocycles. The molecule has 0 N–H and O–H groups in total. The third-order valence-electron chi connectivity index (χ3n) is 4.55. The summed E-state index contributed by atoms with van der Waals surface area (Å²) in [6.45, 7) is 3.12. The summed E-state index contributed by atoms with van der Waals surface area (Å²) >= 11 is 0. The highest BCUT2D eigenvalue weighted by atomic mass is 32.2. The number of nitrogens with zero attached hydrogens (tertiary/aromatic N) is 1. The van der Waals surface area contributed by atoms with Gasteiger partial charge in [0, 0.05) is 6.54 Å². The molecule has 0 aliphatic carbocycles. The highest BCUT2D eigenvalue weighted by Crippen LogP contribution is 2.13. The summed E-state index contributed by atoms with van der Waals surface area (Å²) in [5.74, 6) is 0.0819. The highest BCUT2D eigenvalue weighted by Gasteiger charge is 2.10. The predicted octanol–water partition coefficient (Wildman–Crippen LogP) is 5.38. The number of hydrogen-bond donors (Lipinski definition) is 0. The average molecular weight is 378 g/mol. The molecule has 5 heteroatoms. The zero-order chi connectivity index (χ0) is 18.8. The number of unbranched alkanes of at least 4 members (excludes halogenated alkanes) is 13. The summed E-state index contributed by atoms with van der Waals surface area (Å²) in [6, 6.07) is 0. The van der Waals surface area contributed by atoms with E-state index in [1.165, 1.54) is 77.0 Å². The topological polar surface area (TPSA) is 46.6 Å². The lowest BCUT2D eigenvalue weighted by molar-refractivity contribution is 0.302. The van der Waals surface area contributed by atoms with E-state index in [1.807, 2.05) is 19.0 Å².